The van der Waals surface area contributed by atoms with Crippen molar-refractivity contribution in [1.82, 2.24) is 4.90 Å². The van der Waals surface area contributed by atoms with Crippen LogP contribution in [-0.4, -0.2) is 29.9 Å². The van der Waals surface area contributed by atoms with Crippen molar-refractivity contribution in [2.24, 2.45) is 5.92 Å². The van der Waals surface area contributed by atoms with Crippen LogP contribution in [0.1, 0.15) is 35.1 Å². The van der Waals surface area contributed by atoms with Crippen molar-refractivity contribution in [1.29, 1.82) is 0 Å². The van der Waals surface area contributed by atoms with Gasteiger partial charge < -0.3 is 15.0 Å². The van der Waals surface area contributed by atoms with E-state index in [4.69, 9.17) is 4.74 Å². The van der Waals surface area contributed by atoms with Crippen LogP contribution in [0.3, 0.4) is 0 Å². The number of amides is 2. The fourth-order valence-corrected chi connectivity index (χ4v) is 3.77. The quantitative estimate of drug-likeness (QED) is 0.865. The lowest BCUT2D eigenvalue weighted by atomic mass is 9.98. The molecule has 0 radical (unpaired) electrons. The fraction of sp³-hybridized carbons (Fsp3) is 0.391. The van der Waals surface area contributed by atoms with Crippen molar-refractivity contribution in [2.45, 2.75) is 39.7 Å². The number of benzene rings is 2. The predicted molar refractivity (Wildman–Crippen MR) is 108 cm³/mol. The average Bonchev–Trinajstić information content (AvgIpc) is 3.52. The number of anilines is 1. The van der Waals surface area contributed by atoms with Gasteiger partial charge in [-0.15, -0.1) is 0 Å². The number of nitrogens with zero attached hydrogens (tertiary/aromatic N) is 1. The van der Waals surface area contributed by atoms with Crippen molar-refractivity contribution >= 4 is 17.5 Å². The van der Waals surface area contributed by atoms with E-state index in [0.29, 0.717) is 6.54 Å². The lowest BCUT2D eigenvalue weighted by Crippen LogP contribution is -2.36. The minimum Gasteiger partial charge on any atom is -0.483 e. The lowest BCUT2D eigenvalue weighted by Gasteiger charge is -2.29. The first-order valence-electron chi connectivity index (χ1n) is 9.90. The first kappa shape index (κ1) is 18.5. The maximum Gasteiger partial charge on any atom is 0.262 e. The second-order valence-corrected chi connectivity index (χ2v) is 7.83. The summed E-state index contributed by atoms with van der Waals surface area (Å²) in [4.78, 5) is 26.6. The molecule has 0 spiro atoms. The van der Waals surface area contributed by atoms with E-state index in [2.05, 4.69) is 11.4 Å². The molecule has 1 heterocycles. The zero-order valence-corrected chi connectivity index (χ0v) is 16.5. The molecule has 146 valence electrons. The van der Waals surface area contributed by atoms with E-state index in [9.17, 15) is 9.59 Å². The summed E-state index contributed by atoms with van der Waals surface area (Å²) >= 11 is 0. The first-order chi connectivity index (χ1) is 13.5. The highest BCUT2D eigenvalue weighted by Crippen LogP contribution is 2.33. The molecule has 2 aliphatic rings. The van der Waals surface area contributed by atoms with E-state index < -0.39 is 0 Å². The first-order valence-corrected chi connectivity index (χ1v) is 9.90. The van der Waals surface area contributed by atoms with Gasteiger partial charge in [0.2, 0.25) is 5.91 Å². The third kappa shape index (κ3) is 4.03. The molecule has 5 nitrogen and oxygen atoms in total. The van der Waals surface area contributed by atoms with Gasteiger partial charge in [-0.05, 0) is 67.5 Å². The highest BCUT2D eigenvalue weighted by atomic mass is 16.5. The van der Waals surface area contributed by atoms with Crippen LogP contribution < -0.4 is 10.1 Å². The Labute approximate surface area is 165 Å². The summed E-state index contributed by atoms with van der Waals surface area (Å²) < 4.78 is 5.73. The van der Waals surface area contributed by atoms with Gasteiger partial charge in [-0.25, -0.2) is 0 Å². The van der Waals surface area contributed by atoms with Gasteiger partial charge in [0.15, 0.2) is 6.61 Å². The van der Waals surface area contributed by atoms with Crippen LogP contribution in [0.4, 0.5) is 5.69 Å². The molecule has 1 aliphatic heterocycles. The van der Waals surface area contributed by atoms with Crippen LogP contribution in [0.5, 0.6) is 5.75 Å². The van der Waals surface area contributed by atoms with Gasteiger partial charge >= 0.3 is 0 Å². The normalized spacial score (nSPS) is 15.7. The Hall–Kier alpha value is -2.82. The predicted octanol–water partition coefficient (Wildman–Crippen LogP) is 3.62. The average molecular weight is 378 g/mol. The number of ether oxygens (including phenoxy) is 1. The minimum atomic E-state index is -0.190. The molecule has 1 fully saturated rings. The van der Waals surface area contributed by atoms with E-state index in [1.54, 1.807) is 0 Å². The molecule has 2 aromatic rings. The van der Waals surface area contributed by atoms with Crippen LogP contribution >= 0.6 is 0 Å². The number of hydrogen-bond donors (Lipinski definition) is 1. The molecule has 0 bridgehead atoms. The number of fused-ring (bicyclic) bond motifs is 1. The van der Waals surface area contributed by atoms with Gasteiger partial charge in [0, 0.05) is 24.7 Å². The summed E-state index contributed by atoms with van der Waals surface area (Å²) in [6, 6.07) is 11.9. The van der Waals surface area contributed by atoms with E-state index in [1.165, 1.54) is 5.56 Å². The van der Waals surface area contributed by atoms with E-state index in [-0.39, 0.29) is 24.3 Å². The van der Waals surface area contributed by atoms with Crippen molar-refractivity contribution in [3.63, 3.8) is 0 Å². The Morgan fingerprint density at radius 1 is 1.11 bits per heavy atom. The minimum absolute atomic E-state index is 0.0327. The molecular weight excluding hydrogens is 352 g/mol. The number of aryl methyl sites for hydroxylation is 2. The van der Waals surface area contributed by atoms with Crippen molar-refractivity contribution in [3.05, 3.63) is 58.7 Å². The lowest BCUT2D eigenvalue weighted by molar-refractivity contribution is -0.133. The molecule has 2 amide bonds. The van der Waals surface area contributed by atoms with Crippen LogP contribution in [0.25, 0.3) is 0 Å². The zero-order valence-electron chi connectivity index (χ0n) is 16.5. The SMILES string of the molecule is Cc1cccc(C)c1OCC(=O)Nc1ccc2c(c1)CN(C(=O)C1CC1)CC2. The molecule has 4 rings (SSSR count). The van der Waals surface area contributed by atoms with Crippen LogP contribution in [0, 0.1) is 19.8 Å². The van der Waals surface area contributed by atoms with Crippen LogP contribution in [0.15, 0.2) is 36.4 Å². The van der Waals surface area contributed by atoms with Gasteiger partial charge in [-0.3, -0.25) is 9.59 Å². The molecule has 0 saturated heterocycles. The molecule has 1 N–H and O–H groups in total. The summed E-state index contributed by atoms with van der Waals surface area (Å²) in [5, 5.41) is 2.91. The molecular formula is C23H26N2O3. The monoisotopic (exact) mass is 378 g/mol. The van der Waals surface area contributed by atoms with Crippen molar-refractivity contribution in [3.8, 4) is 5.75 Å². The molecule has 2 aromatic carbocycles. The van der Waals surface area contributed by atoms with Gasteiger partial charge in [0.1, 0.15) is 5.75 Å². The highest BCUT2D eigenvalue weighted by Gasteiger charge is 2.34. The summed E-state index contributed by atoms with van der Waals surface area (Å²) in [6.07, 6.45) is 2.93. The Kier molecular flexibility index (Phi) is 5.07. The molecule has 0 aromatic heterocycles. The standard InChI is InChI=1S/C23H26N2O3/c1-15-4-3-5-16(2)22(15)28-14-21(26)24-20-9-8-17-10-11-25(13-19(17)12-20)23(27)18-6-7-18/h3-5,8-9,12,18H,6-7,10-11,13-14H2,1-2H3,(H,24,26). The van der Waals surface area contributed by atoms with E-state index >= 15 is 0 Å². The Morgan fingerprint density at radius 3 is 2.57 bits per heavy atom. The largest absolute Gasteiger partial charge is 0.483 e. The summed E-state index contributed by atoms with van der Waals surface area (Å²) in [5.41, 5.74) is 5.15. The molecule has 0 unspecified atom stereocenters. The molecule has 1 aliphatic carbocycles. The van der Waals surface area contributed by atoms with Crippen LogP contribution in [0.2, 0.25) is 0 Å². The highest BCUT2D eigenvalue weighted by molar-refractivity contribution is 5.92. The van der Waals surface area contributed by atoms with Gasteiger partial charge in [0.25, 0.3) is 5.91 Å². The zero-order chi connectivity index (χ0) is 19.7. The topological polar surface area (TPSA) is 58.6 Å². The Balaban J connectivity index is 1.38. The third-order valence-corrected chi connectivity index (χ3v) is 5.50. The number of para-hydroxylation sites is 1. The van der Waals surface area contributed by atoms with Crippen molar-refractivity contribution < 1.29 is 14.3 Å². The van der Waals surface area contributed by atoms with E-state index in [0.717, 1.165) is 53.9 Å². The molecule has 5 heteroatoms. The number of carbonyl (C=O) groups excluding carboxylic acids is 2. The number of nitrogens with one attached hydrogen (secondary N) is 1. The maximum atomic E-state index is 12.3. The second-order valence-electron chi connectivity index (χ2n) is 7.83. The van der Waals surface area contributed by atoms with Crippen LogP contribution in [-0.2, 0) is 22.6 Å². The summed E-state index contributed by atoms with van der Waals surface area (Å²) in [6.45, 7) is 5.33. The van der Waals surface area contributed by atoms with Gasteiger partial charge in [-0.2, -0.15) is 0 Å². The number of hydrogen-bond acceptors (Lipinski definition) is 3. The third-order valence-electron chi connectivity index (χ3n) is 5.50. The number of carbonyl (C=O) groups is 2. The molecule has 28 heavy (non-hydrogen) atoms. The smallest absolute Gasteiger partial charge is 0.262 e. The Bertz CT molecular complexity index is 898. The van der Waals surface area contributed by atoms with E-state index in [1.807, 2.05) is 49.1 Å². The summed E-state index contributed by atoms with van der Waals surface area (Å²) in [5.74, 6) is 1.09. The molecule has 0 atom stereocenters. The van der Waals surface area contributed by atoms with Gasteiger partial charge in [-0.1, -0.05) is 24.3 Å². The maximum absolute atomic E-state index is 12.3. The second kappa shape index (κ2) is 7.66. The molecule has 1 saturated carbocycles. The Morgan fingerprint density at radius 2 is 1.86 bits per heavy atom. The van der Waals surface area contributed by atoms with Crippen molar-refractivity contribution in [2.75, 3.05) is 18.5 Å². The fourth-order valence-electron chi connectivity index (χ4n) is 3.77. The number of rotatable bonds is 5. The summed E-state index contributed by atoms with van der Waals surface area (Å²) in [7, 11) is 0. The van der Waals surface area contributed by atoms with Gasteiger partial charge in [0.05, 0.1) is 0 Å².